The van der Waals surface area contributed by atoms with Crippen molar-refractivity contribution >= 4 is 45.2 Å². The Kier molecular flexibility index (Phi) is 5.43. The summed E-state index contributed by atoms with van der Waals surface area (Å²) in [6, 6.07) is 4.64. The quantitative estimate of drug-likeness (QED) is 0.564. The van der Waals surface area contributed by atoms with E-state index in [0.717, 1.165) is 53.2 Å². The van der Waals surface area contributed by atoms with Crippen LogP contribution >= 0.6 is 11.3 Å². The molecule has 1 unspecified atom stereocenters. The number of nitrogens with one attached hydrogen (secondary N) is 2. The molecule has 0 radical (unpaired) electrons. The number of aryl methyl sites for hydroxylation is 1. The number of piperidine rings is 1. The molecule has 2 bridgehead atoms. The van der Waals surface area contributed by atoms with Crippen molar-refractivity contribution in [1.29, 1.82) is 0 Å². The molecule has 2 N–H and O–H groups in total. The van der Waals surface area contributed by atoms with Crippen molar-refractivity contribution in [3.05, 3.63) is 23.2 Å². The van der Waals surface area contributed by atoms with E-state index in [1.54, 1.807) is 11.3 Å². The molecule has 2 aliphatic heterocycles. The summed E-state index contributed by atoms with van der Waals surface area (Å²) in [6.07, 6.45) is 3.63. The number of anilines is 3. The summed E-state index contributed by atoms with van der Waals surface area (Å²) >= 11 is 1.60. The molecule has 176 valence electrons. The lowest BCUT2D eigenvalue weighted by atomic mass is 9.97. The normalized spacial score (nSPS) is 22.6. The van der Waals surface area contributed by atoms with Crippen LogP contribution in [-0.4, -0.2) is 61.9 Å². The Labute approximate surface area is 197 Å². The minimum absolute atomic E-state index is 0.187. The average Bonchev–Trinajstić information content (AvgIpc) is 3.44. The molecule has 0 aromatic carbocycles. The van der Waals surface area contributed by atoms with Crippen LogP contribution in [0.4, 0.5) is 22.4 Å². The Morgan fingerprint density at radius 3 is 2.64 bits per heavy atom. The molecule has 0 aliphatic carbocycles. The van der Waals surface area contributed by atoms with Gasteiger partial charge in [-0.15, -0.1) is 11.3 Å². The number of nitrogens with zero attached hydrogens (tertiary/aromatic N) is 5. The summed E-state index contributed by atoms with van der Waals surface area (Å²) in [4.78, 5) is 27.6. The van der Waals surface area contributed by atoms with Gasteiger partial charge in [0, 0.05) is 36.9 Å². The number of amides is 1. The van der Waals surface area contributed by atoms with Gasteiger partial charge in [0.1, 0.15) is 16.2 Å². The third-order valence-corrected chi connectivity index (χ3v) is 7.25. The largest absolute Gasteiger partial charge is 0.444 e. The highest BCUT2D eigenvalue weighted by Gasteiger charge is 2.46. The van der Waals surface area contributed by atoms with E-state index in [-0.39, 0.29) is 24.2 Å². The van der Waals surface area contributed by atoms with E-state index in [4.69, 9.17) is 14.7 Å². The molecule has 0 saturated carbocycles. The first-order valence-electron chi connectivity index (χ1n) is 11.5. The van der Waals surface area contributed by atoms with Gasteiger partial charge >= 0.3 is 6.09 Å². The second-order valence-corrected chi connectivity index (χ2v) is 11.0. The number of aromatic nitrogens is 4. The smallest absolute Gasteiger partial charge is 0.410 e. The van der Waals surface area contributed by atoms with Crippen LogP contribution in [0, 0.1) is 6.92 Å². The number of thiophene rings is 1. The summed E-state index contributed by atoms with van der Waals surface area (Å²) in [6.45, 7) is 7.72. The Morgan fingerprint density at radius 2 is 2.00 bits per heavy atom. The predicted octanol–water partition coefficient (Wildman–Crippen LogP) is 4.83. The number of aromatic amines is 1. The third-order valence-electron chi connectivity index (χ3n) is 6.44. The maximum atomic E-state index is 12.8. The highest BCUT2D eigenvalue weighted by molar-refractivity contribution is 7.16. The molecule has 5 heterocycles. The summed E-state index contributed by atoms with van der Waals surface area (Å²) in [5.41, 5.74) is 0.502. The van der Waals surface area contributed by atoms with Crippen LogP contribution in [0.1, 0.15) is 52.1 Å². The van der Waals surface area contributed by atoms with Crippen LogP contribution in [0.3, 0.4) is 0 Å². The molecule has 2 fully saturated rings. The van der Waals surface area contributed by atoms with E-state index < -0.39 is 5.60 Å². The number of carbonyl (C=O) groups excluding carboxylic acids is 1. The first-order chi connectivity index (χ1) is 15.7. The number of H-pyrrole nitrogens is 1. The minimum atomic E-state index is -0.482. The Balaban J connectivity index is 1.36. The van der Waals surface area contributed by atoms with E-state index in [2.05, 4.69) is 27.5 Å². The van der Waals surface area contributed by atoms with E-state index in [1.807, 2.05) is 50.1 Å². The molecule has 2 aliphatic rings. The molecule has 33 heavy (non-hydrogen) atoms. The van der Waals surface area contributed by atoms with Gasteiger partial charge in [-0.1, -0.05) is 0 Å². The van der Waals surface area contributed by atoms with Gasteiger partial charge in [-0.3, -0.25) is 5.10 Å². The number of hydrogen-bond donors (Lipinski definition) is 2. The van der Waals surface area contributed by atoms with Crippen molar-refractivity contribution in [2.24, 2.45) is 0 Å². The van der Waals surface area contributed by atoms with E-state index in [9.17, 15) is 4.79 Å². The topological polar surface area (TPSA) is 99.3 Å². The third kappa shape index (κ3) is 4.36. The lowest BCUT2D eigenvalue weighted by Gasteiger charge is -2.42. The van der Waals surface area contributed by atoms with Crippen molar-refractivity contribution in [1.82, 2.24) is 25.1 Å². The fraction of sp³-hybridized carbons (Fsp3) is 0.565. The van der Waals surface area contributed by atoms with Gasteiger partial charge in [-0.25, -0.2) is 9.78 Å². The molecule has 1 amide bonds. The molecule has 2 saturated heterocycles. The van der Waals surface area contributed by atoms with Crippen LogP contribution in [0.25, 0.3) is 10.2 Å². The number of carbonyl (C=O) groups is 1. The molecular formula is C23H31N7O2S. The lowest BCUT2D eigenvalue weighted by molar-refractivity contribution is 0.00596. The van der Waals surface area contributed by atoms with Gasteiger partial charge in [0.2, 0.25) is 5.95 Å². The number of fused-ring (bicyclic) bond motifs is 3. The second-order valence-electron chi connectivity index (χ2n) is 10.1. The molecule has 3 aromatic rings. The SMILES string of the molecule is Cc1cc(Nc2nc(N(C)C3C[C@H]4CC[C@@H](C3)N4C(=O)OC(C)(C)C)nc3sccc23)n[nH]1. The zero-order chi connectivity index (χ0) is 23.3. The molecule has 3 atom stereocenters. The zero-order valence-corrected chi connectivity index (χ0v) is 20.6. The Morgan fingerprint density at radius 1 is 1.27 bits per heavy atom. The second kappa shape index (κ2) is 8.16. The average molecular weight is 470 g/mol. The molecule has 3 aromatic heterocycles. The number of ether oxygens (including phenoxy) is 1. The number of hydrogen-bond acceptors (Lipinski definition) is 8. The molecular weight excluding hydrogens is 438 g/mol. The summed E-state index contributed by atoms with van der Waals surface area (Å²) in [5.74, 6) is 2.18. The predicted molar refractivity (Wildman–Crippen MR) is 130 cm³/mol. The van der Waals surface area contributed by atoms with Crippen LogP contribution in [0.5, 0.6) is 0 Å². The molecule has 0 spiro atoms. The monoisotopic (exact) mass is 469 g/mol. The lowest BCUT2D eigenvalue weighted by Crippen LogP contribution is -2.53. The Bertz CT molecular complexity index is 1150. The summed E-state index contributed by atoms with van der Waals surface area (Å²) in [7, 11) is 2.06. The van der Waals surface area contributed by atoms with E-state index >= 15 is 0 Å². The van der Waals surface area contributed by atoms with Crippen LogP contribution in [0.2, 0.25) is 0 Å². The van der Waals surface area contributed by atoms with Gasteiger partial charge in [-0.05, 0) is 64.8 Å². The van der Waals surface area contributed by atoms with Gasteiger partial charge in [0.05, 0.1) is 5.39 Å². The van der Waals surface area contributed by atoms with Crippen molar-refractivity contribution in [2.75, 3.05) is 17.3 Å². The van der Waals surface area contributed by atoms with Gasteiger partial charge < -0.3 is 19.9 Å². The molecule has 5 rings (SSSR count). The van der Waals surface area contributed by atoms with Crippen molar-refractivity contribution in [3.8, 4) is 0 Å². The van der Waals surface area contributed by atoms with Gasteiger partial charge in [0.25, 0.3) is 0 Å². The van der Waals surface area contributed by atoms with E-state index in [1.165, 1.54) is 0 Å². The summed E-state index contributed by atoms with van der Waals surface area (Å²) < 4.78 is 5.69. The fourth-order valence-corrected chi connectivity index (χ4v) is 5.70. The van der Waals surface area contributed by atoms with Crippen molar-refractivity contribution in [2.45, 2.75) is 77.1 Å². The van der Waals surface area contributed by atoms with E-state index in [0.29, 0.717) is 5.95 Å². The van der Waals surface area contributed by atoms with Crippen LogP contribution in [0.15, 0.2) is 17.5 Å². The number of rotatable bonds is 4. The minimum Gasteiger partial charge on any atom is -0.444 e. The van der Waals surface area contributed by atoms with Gasteiger partial charge in [0.15, 0.2) is 5.82 Å². The maximum Gasteiger partial charge on any atom is 0.410 e. The van der Waals surface area contributed by atoms with Gasteiger partial charge in [-0.2, -0.15) is 10.1 Å². The summed E-state index contributed by atoms with van der Waals surface area (Å²) in [5, 5.41) is 13.6. The highest BCUT2D eigenvalue weighted by atomic mass is 32.1. The molecule has 10 heteroatoms. The van der Waals surface area contributed by atoms with Crippen molar-refractivity contribution < 1.29 is 9.53 Å². The van der Waals surface area contributed by atoms with Crippen LogP contribution in [-0.2, 0) is 4.74 Å². The van der Waals surface area contributed by atoms with Crippen LogP contribution < -0.4 is 10.2 Å². The molecule has 9 nitrogen and oxygen atoms in total. The first-order valence-corrected chi connectivity index (χ1v) is 12.3. The zero-order valence-electron chi connectivity index (χ0n) is 19.8. The highest BCUT2D eigenvalue weighted by Crippen LogP contribution is 2.39. The Hall–Kier alpha value is -2.88. The van der Waals surface area contributed by atoms with Crippen molar-refractivity contribution in [3.63, 3.8) is 0 Å². The maximum absolute atomic E-state index is 12.8. The first kappa shape index (κ1) is 21.9. The standard InChI is InChI=1S/C23H31N7O2S/c1-13-10-18(28-27-13)24-19-17-8-9-33-20(17)26-21(25-19)29(5)16-11-14-6-7-15(12-16)30(14)22(31)32-23(2,3)4/h8-10,14-16H,6-7,11-12H2,1-5H3,(H2,24,25,26,27,28)/t14-,15+,16?. The fourth-order valence-electron chi connectivity index (χ4n) is 4.94.